The summed E-state index contributed by atoms with van der Waals surface area (Å²) in [7, 11) is 0. The highest BCUT2D eigenvalue weighted by Gasteiger charge is 2.49. The molecule has 1 fully saturated rings. The third kappa shape index (κ3) is 4.47. The summed E-state index contributed by atoms with van der Waals surface area (Å²) >= 11 is 7.72. The normalized spacial score (nSPS) is 17.2. The zero-order valence-corrected chi connectivity index (χ0v) is 22.0. The number of carbonyl (C=O) groups is 2. The molecule has 37 heavy (non-hydrogen) atoms. The number of hydrogen-bond acceptors (Lipinski definition) is 7. The number of aliphatic hydroxyl groups excluding tert-OH is 1. The monoisotopic (exact) mass is 533 g/mol. The first-order valence-corrected chi connectivity index (χ1v) is 13.0. The van der Waals surface area contributed by atoms with Crippen molar-refractivity contribution in [2.45, 2.75) is 32.7 Å². The molecule has 0 aliphatic carbocycles. The Balaban J connectivity index is 1.70. The summed E-state index contributed by atoms with van der Waals surface area (Å²) in [6, 6.07) is 15.0. The molecule has 3 heterocycles. The van der Waals surface area contributed by atoms with Crippen LogP contribution in [0.2, 0.25) is 5.02 Å². The molecule has 2 aromatic carbocycles. The van der Waals surface area contributed by atoms with E-state index in [9.17, 15) is 14.7 Å². The molecule has 0 bridgehead atoms. The van der Waals surface area contributed by atoms with Crippen molar-refractivity contribution in [3.05, 3.63) is 88.2 Å². The summed E-state index contributed by atoms with van der Waals surface area (Å²) in [5.74, 6) is -1.23. The number of aromatic nitrogens is 2. The fourth-order valence-corrected chi connectivity index (χ4v) is 5.57. The van der Waals surface area contributed by atoms with Gasteiger partial charge in [0.1, 0.15) is 17.6 Å². The molecule has 188 valence electrons. The molecule has 1 unspecified atom stereocenters. The molecular weight excluding hydrogens is 510 g/mol. The fraction of sp³-hybridized carbons (Fsp3) is 0.214. The number of halogens is 1. The van der Waals surface area contributed by atoms with Crippen LogP contribution in [0.4, 0.5) is 5.13 Å². The molecule has 4 aromatic rings. The summed E-state index contributed by atoms with van der Waals surface area (Å²) in [5.41, 5.74) is 2.37. The number of ether oxygens (including phenoxy) is 1. The zero-order chi connectivity index (χ0) is 26.3. The van der Waals surface area contributed by atoms with E-state index in [0.29, 0.717) is 29.1 Å². The summed E-state index contributed by atoms with van der Waals surface area (Å²) in [5, 5.41) is 12.0. The fourth-order valence-electron chi connectivity index (χ4n) is 4.33. The quantitative estimate of drug-likeness (QED) is 0.173. The van der Waals surface area contributed by atoms with Crippen molar-refractivity contribution in [2.75, 3.05) is 11.5 Å². The topological polar surface area (TPSA) is 92.6 Å². The minimum absolute atomic E-state index is 0.110. The highest BCUT2D eigenvalue weighted by atomic mass is 35.5. The molecule has 0 spiro atoms. The maximum Gasteiger partial charge on any atom is 0.301 e. The lowest BCUT2D eigenvalue weighted by Crippen LogP contribution is -2.29. The number of thiazole rings is 1. The van der Waals surface area contributed by atoms with Gasteiger partial charge in [-0.05, 0) is 60.9 Å². The van der Waals surface area contributed by atoms with Crippen LogP contribution in [0.25, 0.3) is 16.0 Å². The number of carbonyl (C=O) groups excluding carboxylic acids is 2. The summed E-state index contributed by atoms with van der Waals surface area (Å²) in [6.45, 7) is 6.46. The minimum atomic E-state index is -0.988. The van der Waals surface area contributed by atoms with Crippen LogP contribution >= 0.6 is 22.9 Å². The van der Waals surface area contributed by atoms with Crippen LogP contribution in [0, 0.1) is 0 Å². The molecule has 1 atom stereocenters. The molecule has 1 N–H and O–H groups in total. The number of ketones is 1. The van der Waals surface area contributed by atoms with Gasteiger partial charge in [0.2, 0.25) is 0 Å². The van der Waals surface area contributed by atoms with Crippen molar-refractivity contribution < 1.29 is 19.4 Å². The molecule has 1 aliphatic heterocycles. The van der Waals surface area contributed by atoms with Gasteiger partial charge in [-0.2, -0.15) is 0 Å². The van der Waals surface area contributed by atoms with E-state index in [1.807, 2.05) is 25.1 Å². The number of hydrogen-bond donors (Lipinski definition) is 1. The Morgan fingerprint density at radius 3 is 2.68 bits per heavy atom. The minimum Gasteiger partial charge on any atom is -0.507 e. The maximum absolute atomic E-state index is 13.5. The van der Waals surface area contributed by atoms with Crippen molar-refractivity contribution in [1.82, 2.24) is 9.97 Å². The van der Waals surface area contributed by atoms with Crippen LogP contribution < -0.4 is 9.64 Å². The van der Waals surface area contributed by atoms with Crippen molar-refractivity contribution >= 4 is 55.7 Å². The van der Waals surface area contributed by atoms with Gasteiger partial charge in [0.15, 0.2) is 5.13 Å². The number of Topliss-reactive ketones (excluding diaryl/α,β-unsaturated/α-hetero) is 1. The van der Waals surface area contributed by atoms with Crippen molar-refractivity contribution in [1.29, 1.82) is 0 Å². The first-order chi connectivity index (χ1) is 17.8. The first kappa shape index (κ1) is 24.9. The van der Waals surface area contributed by atoms with Crippen LogP contribution in [0.5, 0.6) is 5.75 Å². The molecule has 9 heteroatoms. The summed E-state index contributed by atoms with van der Waals surface area (Å²) in [6.07, 6.45) is 1.57. The van der Waals surface area contributed by atoms with Gasteiger partial charge in [-0.25, -0.2) is 4.98 Å². The van der Waals surface area contributed by atoms with Crippen LogP contribution in [0.1, 0.15) is 49.6 Å². The van der Waals surface area contributed by atoms with Gasteiger partial charge in [-0.1, -0.05) is 48.9 Å². The van der Waals surface area contributed by atoms with E-state index in [0.717, 1.165) is 15.8 Å². The Morgan fingerprint density at radius 2 is 1.97 bits per heavy atom. The number of amides is 1. The molecular formula is C28H24ClN3O4S. The lowest BCUT2D eigenvalue weighted by atomic mass is 9.98. The number of fused-ring (bicyclic) bond motifs is 1. The Kier molecular flexibility index (Phi) is 6.70. The lowest BCUT2D eigenvalue weighted by molar-refractivity contribution is -0.132. The van der Waals surface area contributed by atoms with Crippen molar-refractivity contribution in [2.24, 2.45) is 0 Å². The highest BCUT2D eigenvalue weighted by Crippen LogP contribution is 2.44. The van der Waals surface area contributed by atoms with Gasteiger partial charge in [0.05, 0.1) is 33.1 Å². The second-order valence-electron chi connectivity index (χ2n) is 8.88. The first-order valence-electron chi connectivity index (χ1n) is 11.8. The van der Waals surface area contributed by atoms with Gasteiger partial charge < -0.3 is 9.84 Å². The molecule has 1 amide bonds. The van der Waals surface area contributed by atoms with E-state index < -0.39 is 23.5 Å². The molecule has 2 aromatic heterocycles. The van der Waals surface area contributed by atoms with Gasteiger partial charge in [0.25, 0.3) is 5.78 Å². The van der Waals surface area contributed by atoms with E-state index in [-0.39, 0.29) is 16.2 Å². The Labute approximate surface area is 223 Å². The summed E-state index contributed by atoms with van der Waals surface area (Å²) in [4.78, 5) is 37.3. The Morgan fingerprint density at radius 1 is 1.16 bits per heavy atom. The summed E-state index contributed by atoms with van der Waals surface area (Å²) < 4.78 is 6.45. The second-order valence-corrected chi connectivity index (χ2v) is 10.3. The van der Waals surface area contributed by atoms with Crippen LogP contribution in [-0.4, -0.2) is 33.4 Å². The van der Waals surface area contributed by atoms with E-state index >= 15 is 0 Å². The molecule has 1 aliphatic rings. The van der Waals surface area contributed by atoms with Crippen LogP contribution in [-0.2, 0) is 9.59 Å². The Hall–Kier alpha value is -3.75. The van der Waals surface area contributed by atoms with Crippen molar-refractivity contribution in [3.63, 3.8) is 0 Å². The Bertz CT molecular complexity index is 1550. The number of anilines is 1. The average Bonchev–Trinajstić information content (AvgIpc) is 3.43. The number of aliphatic hydroxyl groups is 1. The van der Waals surface area contributed by atoms with Gasteiger partial charge >= 0.3 is 5.91 Å². The molecule has 5 rings (SSSR count). The predicted octanol–water partition coefficient (Wildman–Crippen LogP) is 6.49. The van der Waals surface area contributed by atoms with Crippen molar-refractivity contribution in [3.8, 4) is 5.75 Å². The second kappa shape index (κ2) is 9.95. The van der Waals surface area contributed by atoms with E-state index in [4.69, 9.17) is 16.3 Å². The number of benzene rings is 2. The number of pyridine rings is 1. The SMILES string of the molecule is CCOc1ccc(Cl)c(/C(O)=C2\C(=O)C(=O)N(c3nc4ccc(C(C)C)cc4s3)C2c2ccccn2)c1. The molecule has 1 saturated heterocycles. The smallest absolute Gasteiger partial charge is 0.301 e. The number of rotatable bonds is 6. The van der Waals surface area contributed by atoms with Gasteiger partial charge in [-0.3, -0.25) is 19.5 Å². The third-order valence-electron chi connectivity index (χ3n) is 6.19. The standard InChI is InChI=1S/C28H24ClN3O4S/c1-4-36-17-9-10-19(29)18(14-17)25(33)23-24(21-7-5-6-12-30-21)32(27(35)26(23)34)28-31-20-11-8-16(15(2)3)13-22(20)37-28/h5-15,24,33H,4H2,1-3H3/b25-23+. The van der Waals surface area contributed by atoms with Crippen LogP contribution in [0.3, 0.4) is 0 Å². The maximum atomic E-state index is 13.5. The van der Waals surface area contributed by atoms with E-state index in [2.05, 4.69) is 23.8 Å². The molecule has 0 radical (unpaired) electrons. The largest absolute Gasteiger partial charge is 0.507 e. The number of nitrogens with zero attached hydrogens (tertiary/aromatic N) is 3. The van der Waals surface area contributed by atoms with Gasteiger partial charge in [0, 0.05) is 11.8 Å². The van der Waals surface area contributed by atoms with E-state index in [1.165, 1.54) is 16.2 Å². The average molecular weight is 534 g/mol. The zero-order valence-electron chi connectivity index (χ0n) is 20.4. The lowest BCUT2D eigenvalue weighted by Gasteiger charge is -2.22. The molecule has 0 saturated carbocycles. The van der Waals surface area contributed by atoms with E-state index in [1.54, 1.807) is 42.6 Å². The highest BCUT2D eigenvalue weighted by molar-refractivity contribution is 7.22. The van der Waals surface area contributed by atoms with Gasteiger partial charge in [-0.15, -0.1) is 0 Å². The third-order valence-corrected chi connectivity index (χ3v) is 7.54. The van der Waals surface area contributed by atoms with Crippen LogP contribution in [0.15, 0.2) is 66.4 Å². The predicted molar refractivity (Wildman–Crippen MR) is 145 cm³/mol. The molecule has 7 nitrogen and oxygen atoms in total.